The van der Waals surface area contributed by atoms with Crippen LogP contribution in [0.25, 0.3) is 0 Å². The highest BCUT2D eigenvalue weighted by Gasteiger charge is 2.18. The maximum absolute atomic E-state index is 6.21. The number of aryl methyl sites for hydroxylation is 4. The number of benzene rings is 1. The monoisotopic (exact) mass is 342 g/mol. The molecule has 0 saturated carbocycles. The minimum absolute atomic E-state index is 0.395. The van der Waals surface area contributed by atoms with E-state index >= 15 is 0 Å². The highest BCUT2D eigenvalue weighted by molar-refractivity contribution is 5.63. The third-order valence-electron chi connectivity index (χ3n) is 4.42. The second kappa shape index (κ2) is 8.24. The van der Waals surface area contributed by atoms with E-state index in [1.54, 1.807) is 7.11 Å². The Bertz CT molecular complexity index is 714. The topological polar surface area (TPSA) is 43.4 Å². The van der Waals surface area contributed by atoms with Crippen LogP contribution in [0.1, 0.15) is 49.1 Å². The Morgan fingerprint density at radius 3 is 2.08 bits per heavy atom. The number of nitrogens with zero attached hydrogens (tertiary/aromatic N) is 1. The molecule has 136 valence electrons. The van der Waals surface area contributed by atoms with Crippen LogP contribution >= 0.6 is 0 Å². The molecule has 0 atom stereocenters. The van der Waals surface area contributed by atoms with Gasteiger partial charge in [-0.15, -0.1) is 0 Å². The Labute approximate surface area is 151 Å². The molecule has 0 aliphatic rings. The van der Waals surface area contributed by atoms with Gasteiger partial charge in [0.15, 0.2) is 0 Å². The Kier molecular flexibility index (Phi) is 6.29. The van der Waals surface area contributed by atoms with Crippen molar-refractivity contribution < 1.29 is 9.47 Å². The fourth-order valence-corrected chi connectivity index (χ4v) is 3.14. The lowest BCUT2D eigenvalue weighted by Crippen LogP contribution is -2.18. The first-order valence-corrected chi connectivity index (χ1v) is 8.97. The zero-order valence-electron chi connectivity index (χ0n) is 16.5. The summed E-state index contributed by atoms with van der Waals surface area (Å²) in [6.07, 6.45) is 2.10. The van der Waals surface area contributed by atoms with Crippen molar-refractivity contribution in [1.82, 2.24) is 4.98 Å². The van der Waals surface area contributed by atoms with Gasteiger partial charge in [0.05, 0.1) is 12.8 Å². The first-order valence-electron chi connectivity index (χ1n) is 8.97. The molecule has 0 amide bonds. The van der Waals surface area contributed by atoms with Crippen LogP contribution < -0.4 is 14.8 Å². The van der Waals surface area contributed by atoms with Crippen molar-refractivity contribution >= 4 is 5.69 Å². The predicted molar refractivity (Wildman–Crippen MR) is 104 cm³/mol. The summed E-state index contributed by atoms with van der Waals surface area (Å²) in [6, 6.07) is 6.65. The Morgan fingerprint density at radius 2 is 1.56 bits per heavy atom. The Hall–Kier alpha value is -2.23. The van der Waals surface area contributed by atoms with Gasteiger partial charge in [-0.05, 0) is 57.7 Å². The van der Waals surface area contributed by atoms with Crippen LogP contribution in [0.15, 0.2) is 18.2 Å². The average molecular weight is 342 g/mol. The van der Waals surface area contributed by atoms with Crippen LogP contribution in [0.5, 0.6) is 17.4 Å². The van der Waals surface area contributed by atoms with Crippen LogP contribution in [0.2, 0.25) is 0 Å². The van der Waals surface area contributed by atoms with E-state index in [0.717, 1.165) is 41.1 Å². The largest absolute Gasteiger partial charge is 0.490 e. The number of anilines is 1. The molecule has 0 radical (unpaired) electrons. The summed E-state index contributed by atoms with van der Waals surface area (Å²) in [5.74, 6) is 2.00. The van der Waals surface area contributed by atoms with Gasteiger partial charge in [-0.25, -0.2) is 4.98 Å². The molecule has 1 aromatic heterocycles. The van der Waals surface area contributed by atoms with Crippen molar-refractivity contribution in [1.29, 1.82) is 0 Å². The number of ether oxygens (including phenoxy) is 2. The molecule has 1 N–H and O–H groups in total. The number of pyridine rings is 1. The molecule has 1 heterocycles. The second-order valence-electron chi connectivity index (χ2n) is 6.64. The van der Waals surface area contributed by atoms with E-state index in [4.69, 9.17) is 9.47 Å². The molecular weight excluding hydrogens is 312 g/mol. The van der Waals surface area contributed by atoms with Gasteiger partial charge in [-0.1, -0.05) is 31.5 Å². The molecule has 4 heteroatoms. The van der Waals surface area contributed by atoms with Gasteiger partial charge < -0.3 is 14.8 Å². The third kappa shape index (κ3) is 4.44. The van der Waals surface area contributed by atoms with Crippen molar-refractivity contribution in [2.45, 2.75) is 60.4 Å². The molecule has 2 rings (SSSR count). The van der Waals surface area contributed by atoms with Gasteiger partial charge in [0.2, 0.25) is 5.75 Å². The van der Waals surface area contributed by atoms with Crippen molar-refractivity contribution in [3.63, 3.8) is 0 Å². The van der Waals surface area contributed by atoms with E-state index in [1.807, 2.05) is 13.0 Å². The normalized spacial score (nSPS) is 10.9. The van der Waals surface area contributed by atoms with Crippen LogP contribution in [-0.4, -0.2) is 18.1 Å². The minimum atomic E-state index is 0.395. The summed E-state index contributed by atoms with van der Waals surface area (Å²) in [6.45, 7) is 12.5. The van der Waals surface area contributed by atoms with Crippen molar-refractivity contribution in [3.8, 4) is 17.4 Å². The summed E-state index contributed by atoms with van der Waals surface area (Å²) in [4.78, 5) is 4.58. The first-order chi connectivity index (χ1) is 11.9. The van der Waals surface area contributed by atoms with Crippen molar-refractivity contribution in [3.05, 3.63) is 40.6 Å². The van der Waals surface area contributed by atoms with Crippen LogP contribution in [0.3, 0.4) is 0 Å². The molecular formula is C21H30N2O2. The van der Waals surface area contributed by atoms with Gasteiger partial charge in [0.1, 0.15) is 5.75 Å². The maximum Gasteiger partial charge on any atom is 0.265 e. The highest BCUT2D eigenvalue weighted by Crippen LogP contribution is 2.39. The summed E-state index contributed by atoms with van der Waals surface area (Å²) in [7, 11) is 1.66. The molecule has 0 aliphatic carbocycles. The molecule has 0 spiro atoms. The third-order valence-corrected chi connectivity index (χ3v) is 4.42. The zero-order valence-corrected chi connectivity index (χ0v) is 16.5. The smallest absolute Gasteiger partial charge is 0.265 e. The number of aromatic nitrogens is 1. The molecule has 1 aromatic carbocycles. The second-order valence-corrected chi connectivity index (χ2v) is 6.64. The molecule has 0 aliphatic heterocycles. The molecule has 25 heavy (non-hydrogen) atoms. The summed E-state index contributed by atoms with van der Waals surface area (Å²) < 4.78 is 11.9. The minimum Gasteiger partial charge on any atom is -0.490 e. The van der Waals surface area contributed by atoms with E-state index in [1.165, 1.54) is 5.56 Å². The molecule has 4 nitrogen and oxygen atoms in total. The molecule has 0 fully saturated rings. The lowest BCUT2D eigenvalue weighted by molar-refractivity contribution is 0.368. The Morgan fingerprint density at radius 1 is 0.960 bits per heavy atom. The molecule has 0 bridgehead atoms. The summed E-state index contributed by atoms with van der Waals surface area (Å²) in [5, 5.41) is 3.56. The van der Waals surface area contributed by atoms with Crippen LogP contribution in [-0.2, 0) is 0 Å². The molecule has 0 saturated heterocycles. The number of nitrogens with one attached hydrogen (secondary N) is 1. The quantitative estimate of drug-likeness (QED) is 0.699. The predicted octanol–water partition coefficient (Wildman–Crippen LogP) is 5.72. The Balaban J connectivity index is 2.46. The number of methoxy groups -OCH3 is 1. The van der Waals surface area contributed by atoms with E-state index in [2.05, 4.69) is 57.1 Å². The first kappa shape index (κ1) is 19.1. The van der Waals surface area contributed by atoms with E-state index in [-0.39, 0.29) is 0 Å². The summed E-state index contributed by atoms with van der Waals surface area (Å²) >= 11 is 0. The van der Waals surface area contributed by atoms with Crippen molar-refractivity contribution in [2.24, 2.45) is 0 Å². The standard InChI is InChI=1S/C21H30N2O2/c1-8-17(9-2)23-18-12-16(6)22-21(20(18)24-7)25-19-14(4)10-13(3)11-15(19)5/h10-12,17H,8-9H2,1-7H3,(H,22,23). The van der Waals surface area contributed by atoms with E-state index in [0.29, 0.717) is 17.7 Å². The number of hydrogen-bond acceptors (Lipinski definition) is 4. The zero-order chi connectivity index (χ0) is 18.6. The van der Waals surface area contributed by atoms with Gasteiger partial charge in [0, 0.05) is 11.7 Å². The fourth-order valence-electron chi connectivity index (χ4n) is 3.14. The van der Waals surface area contributed by atoms with Gasteiger partial charge in [0.25, 0.3) is 5.88 Å². The maximum atomic E-state index is 6.21. The lowest BCUT2D eigenvalue weighted by Gasteiger charge is -2.21. The summed E-state index contributed by atoms with van der Waals surface area (Å²) in [5.41, 5.74) is 5.24. The van der Waals surface area contributed by atoms with Crippen LogP contribution in [0.4, 0.5) is 5.69 Å². The highest BCUT2D eigenvalue weighted by atomic mass is 16.5. The number of hydrogen-bond donors (Lipinski definition) is 1. The average Bonchev–Trinajstić information content (AvgIpc) is 2.55. The van der Waals surface area contributed by atoms with Crippen molar-refractivity contribution in [2.75, 3.05) is 12.4 Å². The fraction of sp³-hybridized carbons (Fsp3) is 0.476. The number of rotatable bonds is 7. The van der Waals surface area contributed by atoms with E-state index in [9.17, 15) is 0 Å². The molecule has 2 aromatic rings. The lowest BCUT2D eigenvalue weighted by atomic mass is 10.1. The van der Waals surface area contributed by atoms with Crippen LogP contribution in [0, 0.1) is 27.7 Å². The van der Waals surface area contributed by atoms with Gasteiger partial charge in [-0.2, -0.15) is 0 Å². The molecule has 0 unspecified atom stereocenters. The van der Waals surface area contributed by atoms with E-state index < -0.39 is 0 Å². The van der Waals surface area contributed by atoms with Gasteiger partial charge >= 0.3 is 0 Å². The SMILES string of the molecule is CCC(CC)Nc1cc(C)nc(Oc2c(C)cc(C)cc2C)c1OC. The van der Waals surface area contributed by atoms with Gasteiger partial charge in [-0.3, -0.25) is 0 Å².